The zero-order valence-electron chi connectivity index (χ0n) is 8.22. The first-order chi connectivity index (χ1) is 6.39. The zero-order chi connectivity index (χ0) is 8.73. The molecule has 1 heterocycles. The third-order valence-corrected chi connectivity index (χ3v) is 4.22. The van der Waals surface area contributed by atoms with Crippen LogP contribution in [0.2, 0.25) is 0 Å². The van der Waals surface area contributed by atoms with E-state index in [4.69, 9.17) is 4.74 Å². The Morgan fingerprint density at radius 3 is 2.92 bits per heavy atom. The highest BCUT2D eigenvalue weighted by atomic mass is 16.5. The molecule has 3 fully saturated rings. The van der Waals surface area contributed by atoms with Gasteiger partial charge in [-0.2, -0.15) is 0 Å². The molecule has 1 saturated heterocycles. The maximum absolute atomic E-state index is 5.16. The molecule has 2 atom stereocenters. The highest BCUT2D eigenvalue weighted by Crippen LogP contribution is 2.60. The molecular weight excluding hydrogens is 162 g/mol. The van der Waals surface area contributed by atoms with Crippen molar-refractivity contribution in [1.29, 1.82) is 0 Å². The Bertz CT molecular complexity index is 202. The molecule has 13 heavy (non-hydrogen) atoms. The molecular formula is C11H19NO. The molecule has 0 aromatic heterocycles. The Morgan fingerprint density at radius 1 is 1.31 bits per heavy atom. The van der Waals surface area contributed by atoms with Gasteiger partial charge < -0.3 is 10.1 Å². The minimum absolute atomic E-state index is 0.678. The van der Waals surface area contributed by atoms with Gasteiger partial charge in [-0.25, -0.2) is 0 Å². The van der Waals surface area contributed by atoms with Gasteiger partial charge in [0.15, 0.2) is 0 Å². The molecule has 2 nitrogen and oxygen atoms in total. The maximum atomic E-state index is 5.16. The second-order valence-corrected chi connectivity index (χ2v) is 5.12. The quantitative estimate of drug-likeness (QED) is 0.713. The molecule has 0 radical (unpaired) electrons. The number of hydrogen-bond donors (Lipinski definition) is 1. The van der Waals surface area contributed by atoms with Gasteiger partial charge in [-0.05, 0) is 30.6 Å². The first kappa shape index (κ1) is 8.25. The van der Waals surface area contributed by atoms with Gasteiger partial charge in [0.2, 0.25) is 0 Å². The normalized spacial score (nSPS) is 43.8. The molecule has 1 N–H and O–H groups in total. The van der Waals surface area contributed by atoms with Crippen LogP contribution in [0, 0.1) is 11.3 Å². The predicted molar refractivity (Wildman–Crippen MR) is 51.6 cm³/mol. The van der Waals surface area contributed by atoms with Crippen molar-refractivity contribution in [2.24, 2.45) is 11.3 Å². The van der Waals surface area contributed by atoms with Crippen molar-refractivity contribution < 1.29 is 4.74 Å². The lowest BCUT2D eigenvalue weighted by atomic mass is 9.88. The van der Waals surface area contributed by atoms with Gasteiger partial charge in [-0.3, -0.25) is 0 Å². The van der Waals surface area contributed by atoms with Crippen LogP contribution in [0.1, 0.15) is 32.1 Å². The summed E-state index contributed by atoms with van der Waals surface area (Å²) in [4.78, 5) is 0. The van der Waals surface area contributed by atoms with Crippen molar-refractivity contribution in [3.63, 3.8) is 0 Å². The van der Waals surface area contributed by atoms with E-state index in [1.54, 1.807) is 0 Å². The summed E-state index contributed by atoms with van der Waals surface area (Å²) < 4.78 is 5.16. The predicted octanol–water partition coefficient (Wildman–Crippen LogP) is 1.56. The summed E-state index contributed by atoms with van der Waals surface area (Å²) in [5.74, 6) is 1.08. The van der Waals surface area contributed by atoms with Crippen LogP contribution in [-0.2, 0) is 4.74 Å². The van der Waals surface area contributed by atoms with E-state index in [1.165, 1.54) is 38.6 Å². The molecule has 0 amide bonds. The molecule has 0 spiro atoms. The SMILES string of the molecule is C1CCC2(CNC3COC3)CC2C1. The monoisotopic (exact) mass is 181 g/mol. The molecule has 0 aromatic rings. The highest BCUT2D eigenvalue weighted by molar-refractivity contribution is 5.05. The lowest BCUT2D eigenvalue weighted by molar-refractivity contribution is -0.00782. The molecule has 0 bridgehead atoms. The molecule has 2 saturated carbocycles. The van der Waals surface area contributed by atoms with Crippen molar-refractivity contribution in [1.82, 2.24) is 5.32 Å². The van der Waals surface area contributed by atoms with E-state index < -0.39 is 0 Å². The molecule has 3 rings (SSSR count). The van der Waals surface area contributed by atoms with Crippen LogP contribution in [0.4, 0.5) is 0 Å². The van der Waals surface area contributed by atoms with Crippen LogP contribution in [0.5, 0.6) is 0 Å². The second kappa shape index (κ2) is 2.96. The minimum Gasteiger partial charge on any atom is -0.378 e. The fourth-order valence-corrected chi connectivity index (χ4v) is 3.02. The van der Waals surface area contributed by atoms with Crippen molar-refractivity contribution in [3.05, 3.63) is 0 Å². The Kier molecular flexibility index (Phi) is 1.88. The van der Waals surface area contributed by atoms with Gasteiger partial charge in [-0.1, -0.05) is 12.8 Å². The van der Waals surface area contributed by atoms with Crippen molar-refractivity contribution >= 4 is 0 Å². The van der Waals surface area contributed by atoms with Gasteiger partial charge in [0.1, 0.15) is 0 Å². The van der Waals surface area contributed by atoms with Crippen molar-refractivity contribution in [2.75, 3.05) is 19.8 Å². The summed E-state index contributed by atoms with van der Waals surface area (Å²) in [7, 11) is 0. The Labute approximate surface area is 80.0 Å². The molecule has 2 unspecified atom stereocenters. The third-order valence-electron chi connectivity index (χ3n) is 4.22. The number of fused-ring (bicyclic) bond motifs is 1. The van der Waals surface area contributed by atoms with Crippen LogP contribution in [0.25, 0.3) is 0 Å². The fourth-order valence-electron chi connectivity index (χ4n) is 3.02. The molecule has 2 aliphatic carbocycles. The fraction of sp³-hybridized carbons (Fsp3) is 1.00. The molecule has 2 heteroatoms. The number of hydrogen-bond acceptors (Lipinski definition) is 2. The van der Waals surface area contributed by atoms with E-state index in [0.717, 1.165) is 24.5 Å². The van der Waals surface area contributed by atoms with Crippen LogP contribution in [0.3, 0.4) is 0 Å². The Hall–Kier alpha value is -0.0800. The average Bonchev–Trinajstić information content (AvgIpc) is 2.76. The molecule has 0 aromatic carbocycles. The van der Waals surface area contributed by atoms with Gasteiger partial charge in [-0.15, -0.1) is 0 Å². The van der Waals surface area contributed by atoms with E-state index in [-0.39, 0.29) is 0 Å². The zero-order valence-corrected chi connectivity index (χ0v) is 8.22. The molecule has 1 aliphatic heterocycles. The summed E-state index contributed by atoms with van der Waals surface area (Å²) >= 11 is 0. The van der Waals surface area contributed by atoms with Crippen LogP contribution < -0.4 is 5.32 Å². The smallest absolute Gasteiger partial charge is 0.0643 e. The largest absolute Gasteiger partial charge is 0.378 e. The second-order valence-electron chi connectivity index (χ2n) is 5.12. The van der Waals surface area contributed by atoms with Crippen molar-refractivity contribution in [2.45, 2.75) is 38.1 Å². The van der Waals surface area contributed by atoms with E-state index in [9.17, 15) is 0 Å². The van der Waals surface area contributed by atoms with Crippen LogP contribution in [-0.4, -0.2) is 25.8 Å². The summed E-state index contributed by atoms with van der Waals surface area (Å²) in [5.41, 5.74) is 0.744. The lowest BCUT2D eigenvalue weighted by Crippen LogP contribution is -2.48. The van der Waals surface area contributed by atoms with E-state index >= 15 is 0 Å². The van der Waals surface area contributed by atoms with Gasteiger partial charge in [0, 0.05) is 6.54 Å². The van der Waals surface area contributed by atoms with Gasteiger partial charge in [0.25, 0.3) is 0 Å². The summed E-state index contributed by atoms with van der Waals surface area (Å²) in [6.07, 6.45) is 7.45. The molecule has 3 aliphatic rings. The minimum atomic E-state index is 0.678. The number of nitrogens with one attached hydrogen (secondary N) is 1. The van der Waals surface area contributed by atoms with Gasteiger partial charge in [0.05, 0.1) is 19.3 Å². The standard InChI is InChI=1S/C11H19NO/c1-2-4-11(5-9(11)3-1)8-12-10-6-13-7-10/h9-10,12H,1-8H2. The molecule has 74 valence electrons. The third kappa shape index (κ3) is 1.40. The van der Waals surface area contributed by atoms with E-state index in [1.807, 2.05) is 0 Å². The van der Waals surface area contributed by atoms with Crippen LogP contribution in [0.15, 0.2) is 0 Å². The Morgan fingerprint density at radius 2 is 2.23 bits per heavy atom. The summed E-state index contributed by atoms with van der Waals surface area (Å²) in [6.45, 7) is 3.16. The Balaban J connectivity index is 1.49. The van der Waals surface area contributed by atoms with E-state index in [0.29, 0.717) is 6.04 Å². The number of ether oxygens (including phenoxy) is 1. The lowest BCUT2D eigenvalue weighted by Gasteiger charge is -2.30. The van der Waals surface area contributed by atoms with Crippen molar-refractivity contribution in [3.8, 4) is 0 Å². The van der Waals surface area contributed by atoms with E-state index in [2.05, 4.69) is 5.32 Å². The summed E-state index contributed by atoms with van der Waals surface area (Å²) in [5, 5.41) is 3.65. The summed E-state index contributed by atoms with van der Waals surface area (Å²) in [6, 6.07) is 0.678. The topological polar surface area (TPSA) is 21.3 Å². The highest BCUT2D eigenvalue weighted by Gasteiger charge is 2.54. The van der Waals surface area contributed by atoms with Crippen LogP contribution >= 0.6 is 0 Å². The number of rotatable bonds is 3. The first-order valence-corrected chi connectivity index (χ1v) is 5.70. The average molecular weight is 181 g/mol. The first-order valence-electron chi connectivity index (χ1n) is 5.70. The van der Waals surface area contributed by atoms with Gasteiger partial charge >= 0.3 is 0 Å². The maximum Gasteiger partial charge on any atom is 0.0643 e.